The van der Waals surface area contributed by atoms with Crippen molar-refractivity contribution in [1.82, 2.24) is 14.7 Å². The maximum Gasteiger partial charge on any atom is 0.225 e. The first-order valence-electron chi connectivity index (χ1n) is 9.90. The van der Waals surface area contributed by atoms with Gasteiger partial charge in [0, 0.05) is 32.1 Å². The van der Waals surface area contributed by atoms with E-state index >= 15 is 0 Å². The van der Waals surface area contributed by atoms with Crippen molar-refractivity contribution in [3.63, 3.8) is 0 Å². The Balaban J connectivity index is 0. The molecule has 0 saturated carbocycles. The quantitative estimate of drug-likeness (QED) is 0.775. The van der Waals surface area contributed by atoms with Crippen LogP contribution in [0.3, 0.4) is 0 Å². The fourth-order valence-electron chi connectivity index (χ4n) is 2.80. The minimum absolute atomic E-state index is 0.291. The molecule has 2 rings (SSSR count). The van der Waals surface area contributed by atoms with Crippen LogP contribution in [0.15, 0.2) is 0 Å². The van der Waals surface area contributed by atoms with Gasteiger partial charge in [0.15, 0.2) is 0 Å². The molecule has 0 aromatic rings. The van der Waals surface area contributed by atoms with Gasteiger partial charge in [-0.3, -0.25) is 4.79 Å². The van der Waals surface area contributed by atoms with Crippen molar-refractivity contribution in [3.8, 4) is 0 Å². The van der Waals surface area contributed by atoms with E-state index < -0.39 is 0 Å². The molecule has 2 aliphatic heterocycles. The summed E-state index contributed by atoms with van der Waals surface area (Å²) < 4.78 is 0. The molecular formula is C19H43N3O. The first kappa shape index (κ1) is 24.6. The molecule has 2 heterocycles. The SMILES string of the molecule is CC.CC.CC.CCN1CCN(C(=O)C2CCN(C)CC2)CC1. The van der Waals surface area contributed by atoms with Crippen LogP contribution in [0.4, 0.5) is 0 Å². The van der Waals surface area contributed by atoms with Gasteiger partial charge in [-0.15, -0.1) is 0 Å². The number of hydrogen-bond donors (Lipinski definition) is 0. The highest BCUT2D eigenvalue weighted by molar-refractivity contribution is 5.79. The maximum atomic E-state index is 12.3. The number of rotatable bonds is 2. The molecule has 0 radical (unpaired) electrons. The Morgan fingerprint density at radius 2 is 1.26 bits per heavy atom. The summed E-state index contributed by atoms with van der Waals surface area (Å²) in [6.45, 7) is 21.4. The third kappa shape index (κ3) is 9.31. The molecule has 0 N–H and O–H groups in total. The van der Waals surface area contributed by atoms with Gasteiger partial charge in [0.25, 0.3) is 0 Å². The number of amides is 1. The molecule has 1 amide bonds. The summed E-state index contributed by atoms with van der Waals surface area (Å²) in [6.07, 6.45) is 2.09. The molecule has 0 bridgehead atoms. The number of piperidine rings is 1. The summed E-state index contributed by atoms with van der Waals surface area (Å²) in [7, 11) is 2.14. The van der Waals surface area contributed by atoms with Gasteiger partial charge < -0.3 is 14.7 Å². The van der Waals surface area contributed by atoms with Gasteiger partial charge in [-0.05, 0) is 39.5 Å². The Kier molecular flexibility index (Phi) is 17.4. The van der Waals surface area contributed by atoms with Gasteiger partial charge in [-0.25, -0.2) is 0 Å². The second kappa shape index (κ2) is 16.3. The third-order valence-electron chi connectivity index (χ3n) is 4.20. The van der Waals surface area contributed by atoms with E-state index in [1.807, 2.05) is 41.5 Å². The number of carbonyl (C=O) groups is 1. The van der Waals surface area contributed by atoms with E-state index in [1.54, 1.807) is 0 Å². The normalized spacial score (nSPS) is 19.4. The van der Waals surface area contributed by atoms with Crippen LogP contribution in [0, 0.1) is 5.92 Å². The molecule has 23 heavy (non-hydrogen) atoms. The largest absolute Gasteiger partial charge is 0.340 e. The lowest BCUT2D eigenvalue weighted by Crippen LogP contribution is -2.51. The molecule has 0 aliphatic carbocycles. The van der Waals surface area contributed by atoms with Crippen molar-refractivity contribution in [2.24, 2.45) is 5.92 Å². The fourth-order valence-corrected chi connectivity index (χ4v) is 2.80. The van der Waals surface area contributed by atoms with Crippen LogP contribution in [0.1, 0.15) is 61.3 Å². The first-order valence-corrected chi connectivity index (χ1v) is 9.90. The van der Waals surface area contributed by atoms with Gasteiger partial charge in [-0.2, -0.15) is 0 Å². The average Bonchev–Trinajstić information content (AvgIpc) is 2.67. The summed E-state index contributed by atoms with van der Waals surface area (Å²) in [4.78, 5) is 19.2. The Morgan fingerprint density at radius 1 is 0.826 bits per heavy atom. The van der Waals surface area contributed by atoms with Crippen molar-refractivity contribution >= 4 is 5.91 Å². The Morgan fingerprint density at radius 3 is 1.65 bits per heavy atom. The molecular weight excluding hydrogens is 286 g/mol. The lowest BCUT2D eigenvalue weighted by Gasteiger charge is -2.37. The number of likely N-dealkylation sites (N-methyl/N-ethyl adjacent to an activating group) is 1. The lowest BCUT2D eigenvalue weighted by atomic mass is 9.95. The van der Waals surface area contributed by atoms with Gasteiger partial charge in [0.1, 0.15) is 0 Å². The monoisotopic (exact) mass is 329 g/mol. The zero-order valence-corrected chi connectivity index (χ0v) is 17.2. The Hall–Kier alpha value is -0.610. The van der Waals surface area contributed by atoms with Crippen LogP contribution >= 0.6 is 0 Å². The van der Waals surface area contributed by atoms with E-state index in [9.17, 15) is 4.79 Å². The Bertz CT molecular complexity index is 255. The molecule has 4 nitrogen and oxygen atoms in total. The van der Waals surface area contributed by atoms with Crippen molar-refractivity contribution < 1.29 is 4.79 Å². The van der Waals surface area contributed by atoms with Crippen LogP contribution in [0.25, 0.3) is 0 Å². The second-order valence-electron chi connectivity index (χ2n) is 5.34. The summed E-state index contributed by atoms with van der Waals surface area (Å²) >= 11 is 0. The van der Waals surface area contributed by atoms with Gasteiger partial charge in [0.2, 0.25) is 5.91 Å². The predicted molar refractivity (Wildman–Crippen MR) is 103 cm³/mol. The molecule has 2 aliphatic rings. The standard InChI is InChI=1S/C13H25N3O.3C2H6/c1-3-15-8-10-16(11-9-15)13(17)12-4-6-14(2)7-5-12;3*1-2/h12H,3-11H2,1-2H3;3*1-2H3. The minimum Gasteiger partial charge on any atom is -0.340 e. The average molecular weight is 330 g/mol. The number of nitrogens with zero attached hydrogens (tertiary/aromatic N) is 3. The molecule has 0 aromatic carbocycles. The van der Waals surface area contributed by atoms with Crippen LogP contribution in [0.5, 0.6) is 0 Å². The molecule has 0 unspecified atom stereocenters. The van der Waals surface area contributed by atoms with E-state index in [1.165, 1.54) is 0 Å². The maximum absolute atomic E-state index is 12.3. The lowest BCUT2D eigenvalue weighted by molar-refractivity contribution is -0.138. The zero-order valence-electron chi connectivity index (χ0n) is 17.2. The minimum atomic E-state index is 0.291. The molecule has 4 heteroatoms. The van der Waals surface area contributed by atoms with Crippen LogP contribution in [0.2, 0.25) is 0 Å². The molecule has 0 aromatic heterocycles. The highest BCUT2D eigenvalue weighted by atomic mass is 16.2. The summed E-state index contributed by atoms with van der Waals surface area (Å²) in [5.74, 6) is 0.702. The number of likely N-dealkylation sites (tertiary alicyclic amines) is 1. The van der Waals surface area contributed by atoms with Crippen molar-refractivity contribution in [3.05, 3.63) is 0 Å². The summed E-state index contributed by atoms with van der Waals surface area (Å²) in [6, 6.07) is 0. The third-order valence-corrected chi connectivity index (χ3v) is 4.20. The Labute approximate surface area is 146 Å². The van der Waals surface area contributed by atoms with Gasteiger partial charge in [-0.1, -0.05) is 48.5 Å². The van der Waals surface area contributed by atoms with E-state index in [2.05, 4.69) is 28.7 Å². The summed E-state index contributed by atoms with van der Waals surface area (Å²) in [5, 5.41) is 0. The van der Waals surface area contributed by atoms with Crippen molar-refractivity contribution in [2.75, 3.05) is 52.9 Å². The number of hydrogen-bond acceptors (Lipinski definition) is 3. The van der Waals surface area contributed by atoms with E-state index in [4.69, 9.17) is 0 Å². The first-order chi connectivity index (χ1) is 11.2. The van der Waals surface area contributed by atoms with Crippen LogP contribution in [-0.4, -0.2) is 73.5 Å². The topological polar surface area (TPSA) is 26.8 Å². The highest BCUT2D eigenvalue weighted by Gasteiger charge is 2.29. The van der Waals surface area contributed by atoms with Gasteiger partial charge in [0.05, 0.1) is 0 Å². The molecule has 2 fully saturated rings. The van der Waals surface area contributed by atoms with E-state index in [0.29, 0.717) is 11.8 Å². The van der Waals surface area contributed by atoms with Crippen LogP contribution in [-0.2, 0) is 4.79 Å². The zero-order chi connectivity index (χ0) is 18.3. The van der Waals surface area contributed by atoms with Crippen molar-refractivity contribution in [2.45, 2.75) is 61.3 Å². The van der Waals surface area contributed by atoms with E-state index in [-0.39, 0.29) is 0 Å². The summed E-state index contributed by atoms with van der Waals surface area (Å²) in [5.41, 5.74) is 0. The van der Waals surface area contributed by atoms with Crippen LogP contribution < -0.4 is 0 Å². The molecule has 140 valence electrons. The second-order valence-corrected chi connectivity index (χ2v) is 5.34. The van der Waals surface area contributed by atoms with Crippen molar-refractivity contribution in [1.29, 1.82) is 0 Å². The predicted octanol–water partition coefficient (Wildman–Crippen LogP) is 3.57. The van der Waals surface area contributed by atoms with Gasteiger partial charge >= 0.3 is 0 Å². The molecule has 0 spiro atoms. The number of carbonyl (C=O) groups excluding carboxylic acids is 1. The highest BCUT2D eigenvalue weighted by Crippen LogP contribution is 2.19. The molecule has 0 atom stereocenters. The van der Waals surface area contributed by atoms with E-state index in [0.717, 1.165) is 58.7 Å². The smallest absolute Gasteiger partial charge is 0.225 e. The fraction of sp³-hybridized carbons (Fsp3) is 0.947. The number of piperazine rings is 1. The molecule has 2 saturated heterocycles.